The van der Waals surface area contributed by atoms with Gasteiger partial charge in [0, 0.05) is 17.1 Å². The first-order valence-corrected chi connectivity index (χ1v) is 11.7. The van der Waals surface area contributed by atoms with Gasteiger partial charge in [-0.05, 0) is 43.1 Å². The van der Waals surface area contributed by atoms with Gasteiger partial charge in [0.15, 0.2) is 0 Å². The summed E-state index contributed by atoms with van der Waals surface area (Å²) in [5.74, 6) is 0. The number of hydrogen-bond acceptors (Lipinski definition) is 2. The maximum Gasteiger partial charge on any atom is 0.118 e. The van der Waals surface area contributed by atoms with Crippen LogP contribution in [0.2, 0.25) is 0 Å². The molecule has 1 aliphatic rings. The molecule has 0 radical (unpaired) electrons. The van der Waals surface area contributed by atoms with E-state index in [0.717, 1.165) is 29.8 Å². The van der Waals surface area contributed by atoms with E-state index in [0.29, 0.717) is 6.04 Å². The molecule has 2 nitrogen and oxygen atoms in total. The van der Waals surface area contributed by atoms with E-state index >= 15 is 0 Å². The van der Waals surface area contributed by atoms with Gasteiger partial charge in [0.25, 0.3) is 0 Å². The molecule has 1 heterocycles. The van der Waals surface area contributed by atoms with Crippen LogP contribution in [-0.2, 0) is 22.7 Å². The van der Waals surface area contributed by atoms with Crippen LogP contribution in [0.3, 0.4) is 0 Å². The Bertz CT molecular complexity index is 977. The van der Waals surface area contributed by atoms with Crippen molar-refractivity contribution in [2.75, 3.05) is 13.1 Å². The summed E-state index contributed by atoms with van der Waals surface area (Å²) in [4.78, 5) is 2.55. The first-order valence-electron chi connectivity index (χ1n) is 11.7. The van der Waals surface area contributed by atoms with Crippen LogP contribution in [0.4, 0.5) is 0 Å². The molecule has 5 rings (SSSR count). The van der Waals surface area contributed by atoms with Crippen molar-refractivity contribution in [1.82, 2.24) is 4.90 Å². The minimum atomic E-state index is -1.15. The fourth-order valence-electron chi connectivity index (χ4n) is 4.79. The second-order valence-electron chi connectivity index (χ2n) is 8.57. The van der Waals surface area contributed by atoms with Crippen LogP contribution in [0.1, 0.15) is 54.5 Å². The number of aliphatic hydroxyl groups is 1. The van der Waals surface area contributed by atoms with E-state index < -0.39 is 5.60 Å². The SMILES string of the molecule is C[C@H]([c-]1cccc1C(O)(c1ccccc1)c1ccccc1)N1CCCCC1.[Fe].[cH-]1[cH-][cH-][cH-][cH-]1. The second kappa shape index (κ2) is 12.2. The maximum absolute atomic E-state index is 12.1. The van der Waals surface area contributed by atoms with Crippen molar-refractivity contribution in [3.8, 4) is 0 Å². The predicted molar refractivity (Wildman–Crippen MR) is 133 cm³/mol. The molecular weight excluding hydrogens is 446 g/mol. The molecule has 178 valence electrons. The molecule has 4 aromatic carbocycles. The van der Waals surface area contributed by atoms with Crippen molar-refractivity contribution >= 4 is 0 Å². The van der Waals surface area contributed by atoms with Gasteiger partial charge in [-0.3, -0.25) is 0 Å². The fraction of sp³-hybridized carbons (Fsp3) is 0.267. The predicted octanol–water partition coefficient (Wildman–Crippen LogP) is 6.64. The third-order valence-electron chi connectivity index (χ3n) is 6.57. The summed E-state index contributed by atoms with van der Waals surface area (Å²) in [5, 5.41) is 12.1. The van der Waals surface area contributed by atoms with Gasteiger partial charge in [-0.15, -0.1) is 11.1 Å². The number of piperidine rings is 1. The Kier molecular flexibility index (Phi) is 9.29. The van der Waals surface area contributed by atoms with Crippen LogP contribution in [-0.4, -0.2) is 23.1 Å². The van der Waals surface area contributed by atoms with E-state index in [9.17, 15) is 5.11 Å². The van der Waals surface area contributed by atoms with Crippen molar-refractivity contribution in [3.63, 3.8) is 0 Å². The van der Waals surface area contributed by atoms with E-state index in [2.05, 4.69) is 30.0 Å². The van der Waals surface area contributed by atoms with Gasteiger partial charge < -0.3 is 40.3 Å². The normalized spacial score (nSPS) is 15.1. The Labute approximate surface area is 209 Å². The Morgan fingerprint density at radius 1 is 0.758 bits per heavy atom. The average molecular weight is 479 g/mol. The van der Waals surface area contributed by atoms with E-state index in [1.807, 2.05) is 91.0 Å². The minimum Gasteiger partial charge on any atom is -0.748 e. The molecule has 0 unspecified atom stereocenters. The molecule has 1 saturated heterocycles. The Hall–Kier alpha value is -2.42. The van der Waals surface area contributed by atoms with Gasteiger partial charge in [-0.1, -0.05) is 74.0 Å². The Balaban J connectivity index is 0.000000453. The number of nitrogens with zero attached hydrogens (tertiary/aromatic N) is 1. The molecule has 0 amide bonds. The summed E-state index contributed by atoms with van der Waals surface area (Å²) in [6, 6.07) is 36.8. The minimum absolute atomic E-state index is 0. The Morgan fingerprint density at radius 2 is 1.24 bits per heavy atom. The number of hydrogen-bond donors (Lipinski definition) is 1. The molecule has 1 aliphatic heterocycles. The summed E-state index contributed by atoms with van der Waals surface area (Å²) < 4.78 is 0. The number of likely N-dealkylation sites (tertiary alicyclic amines) is 1. The van der Waals surface area contributed by atoms with Gasteiger partial charge >= 0.3 is 0 Å². The van der Waals surface area contributed by atoms with Gasteiger partial charge in [-0.2, -0.15) is 6.07 Å². The van der Waals surface area contributed by atoms with Crippen LogP contribution >= 0.6 is 0 Å². The monoisotopic (exact) mass is 479 g/mol. The van der Waals surface area contributed by atoms with E-state index in [4.69, 9.17) is 0 Å². The van der Waals surface area contributed by atoms with Crippen molar-refractivity contribution < 1.29 is 22.2 Å². The molecule has 1 atom stereocenters. The summed E-state index contributed by atoms with van der Waals surface area (Å²) in [5.41, 5.74) is 2.90. The number of benzene rings is 2. The van der Waals surface area contributed by atoms with Crippen molar-refractivity contribution in [2.45, 2.75) is 37.8 Å². The number of rotatable bonds is 5. The van der Waals surface area contributed by atoms with Gasteiger partial charge in [0.05, 0.1) is 0 Å². The first kappa shape index (κ1) is 25.2. The molecule has 0 saturated carbocycles. The summed E-state index contributed by atoms with van der Waals surface area (Å²) in [7, 11) is 0. The summed E-state index contributed by atoms with van der Waals surface area (Å²) in [6.45, 7) is 4.56. The molecule has 0 bridgehead atoms. The zero-order valence-electron chi connectivity index (χ0n) is 19.3. The molecular formula is C30H33FeNO-6. The second-order valence-corrected chi connectivity index (χ2v) is 8.57. The quantitative estimate of drug-likeness (QED) is 0.256. The third kappa shape index (κ3) is 5.75. The van der Waals surface area contributed by atoms with Gasteiger partial charge in [0.2, 0.25) is 0 Å². The van der Waals surface area contributed by atoms with E-state index in [1.54, 1.807) is 0 Å². The molecule has 0 aromatic heterocycles. The fourth-order valence-corrected chi connectivity index (χ4v) is 4.79. The van der Waals surface area contributed by atoms with Crippen molar-refractivity contribution in [3.05, 3.63) is 131 Å². The van der Waals surface area contributed by atoms with Crippen LogP contribution in [0.15, 0.2) is 109 Å². The van der Waals surface area contributed by atoms with Crippen LogP contribution in [0, 0.1) is 0 Å². The molecule has 0 aliphatic carbocycles. The molecule has 1 fully saturated rings. The van der Waals surface area contributed by atoms with Crippen LogP contribution in [0.25, 0.3) is 0 Å². The molecule has 33 heavy (non-hydrogen) atoms. The van der Waals surface area contributed by atoms with E-state index in [-0.39, 0.29) is 17.1 Å². The van der Waals surface area contributed by atoms with Crippen molar-refractivity contribution in [1.29, 1.82) is 0 Å². The smallest absolute Gasteiger partial charge is 0.118 e. The zero-order chi connectivity index (χ0) is 22.2. The third-order valence-corrected chi connectivity index (χ3v) is 6.57. The topological polar surface area (TPSA) is 23.5 Å². The molecule has 1 N–H and O–H groups in total. The summed E-state index contributed by atoms with van der Waals surface area (Å²) in [6.07, 6.45) is 3.86. The molecule has 4 aromatic rings. The largest absolute Gasteiger partial charge is 0.748 e. The summed E-state index contributed by atoms with van der Waals surface area (Å²) >= 11 is 0. The Morgan fingerprint density at radius 3 is 1.73 bits per heavy atom. The van der Waals surface area contributed by atoms with Crippen LogP contribution in [0.5, 0.6) is 0 Å². The molecule has 0 spiro atoms. The van der Waals surface area contributed by atoms with E-state index in [1.165, 1.54) is 24.8 Å². The van der Waals surface area contributed by atoms with Crippen LogP contribution < -0.4 is 0 Å². The molecule has 3 heteroatoms. The maximum atomic E-state index is 12.1. The first-order chi connectivity index (χ1) is 15.7. The van der Waals surface area contributed by atoms with Gasteiger partial charge in [-0.25, -0.2) is 12.1 Å². The zero-order valence-corrected chi connectivity index (χ0v) is 20.4. The van der Waals surface area contributed by atoms with Gasteiger partial charge in [0.1, 0.15) is 5.60 Å². The standard InChI is InChI=1S/C25H28NO.C5H5.Fe/c1-20(26-18-9-4-10-19-26)23-16-11-17-24(23)25(27,21-12-5-2-6-13-21)22-14-7-3-8-15-22;1-2-4-5-3-1;/h2-3,5-8,11-17,20,27H,4,9-10,18-19H2,1H3;1-5H;/q-1;-5;/t20-;;/m1../s1. The average Bonchev–Trinajstić information content (AvgIpc) is 3.60. The van der Waals surface area contributed by atoms with Crippen molar-refractivity contribution in [2.24, 2.45) is 0 Å².